The van der Waals surface area contributed by atoms with Crippen LogP contribution in [0.5, 0.6) is 5.75 Å². The van der Waals surface area contributed by atoms with E-state index in [1.165, 1.54) is 6.07 Å². The molecule has 1 aromatic heterocycles. The van der Waals surface area contributed by atoms with Gasteiger partial charge in [-0.2, -0.15) is 0 Å². The number of hydrogen-bond acceptors (Lipinski definition) is 4. The van der Waals surface area contributed by atoms with Crippen molar-refractivity contribution in [1.29, 1.82) is 0 Å². The van der Waals surface area contributed by atoms with Crippen LogP contribution >= 0.6 is 0 Å². The van der Waals surface area contributed by atoms with Crippen LogP contribution in [-0.4, -0.2) is 17.1 Å². The molecule has 0 atom stereocenters. The smallest absolute Gasteiger partial charge is 0.250 e. The molecule has 110 valence electrons. The lowest BCUT2D eigenvalue weighted by molar-refractivity contribution is 0.100. The summed E-state index contributed by atoms with van der Waals surface area (Å²) in [5.74, 6) is 0.183. The maximum Gasteiger partial charge on any atom is 0.250 e. The minimum Gasteiger partial charge on any atom is -0.494 e. The molecule has 0 saturated heterocycles. The number of nitrogens with zero attached hydrogens (tertiary/aromatic N) is 1. The number of pyridine rings is 1. The normalized spacial score (nSPS) is 10.3. The van der Waals surface area contributed by atoms with Gasteiger partial charge in [0, 0.05) is 30.1 Å². The molecule has 0 aliphatic heterocycles. The zero-order chi connectivity index (χ0) is 15.2. The van der Waals surface area contributed by atoms with Crippen LogP contribution < -0.4 is 21.8 Å². The van der Waals surface area contributed by atoms with E-state index < -0.39 is 5.91 Å². The van der Waals surface area contributed by atoms with Crippen LogP contribution in [0.2, 0.25) is 0 Å². The van der Waals surface area contributed by atoms with E-state index in [4.69, 9.17) is 16.2 Å². The van der Waals surface area contributed by atoms with Crippen molar-refractivity contribution in [2.24, 2.45) is 5.73 Å². The SMILES string of the molecule is NC(=O)c1ccc(OCCCn2cc(N)ccc2=O)cc1. The molecule has 0 bridgehead atoms. The Morgan fingerprint density at radius 2 is 1.86 bits per heavy atom. The van der Waals surface area contributed by atoms with Gasteiger partial charge in [0.1, 0.15) is 5.75 Å². The molecular weight excluding hydrogens is 270 g/mol. The number of carbonyl (C=O) groups is 1. The molecule has 0 saturated carbocycles. The summed E-state index contributed by atoms with van der Waals surface area (Å²) >= 11 is 0. The molecule has 0 spiro atoms. The van der Waals surface area contributed by atoms with Crippen LogP contribution in [0.1, 0.15) is 16.8 Å². The Bertz CT molecular complexity index is 677. The van der Waals surface area contributed by atoms with Gasteiger partial charge in [-0.05, 0) is 36.8 Å². The second-order valence-electron chi connectivity index (χ2n) is 4.58. The predicted octanol–water partition coefficient (Wildman–Crippen LogP) is 0.998. The number of aromatic nitrogens is 1. The summed E-state index contributed by atoms with van der Waals surface area (Å²) in [5, 5.41) is 0. The lowest BCUT2D eigenvalue weighted by Gasteiger charge is -2.08. The van der Waals surface area contributed by atoms with Gasteiger partial charge < -0.3 is 20.8 Å². The van der Waals surface area contributed by atoms with E-state index >= 15 is 0 Å². The topological polar surface area (TPSA) is 100 Å². The van der Waals surface area contributed by atoms with Crippen LogP contribution in [0.3, 0.4) is 0 Å². The number of amides is 1. The van der Waals surface area contributed by atoms with E-state index in [0.29, 0.717) is 36.6 Å². The molecule has 0 unspecified atom stereocenters. The highest BCUT2D eigenvalue weighted by Crippen LogP contribution is 2.12. The van der Waals surface area contributed by atoms with E-state index in [-0.39, 0.29) is 5.56 Å². The summed E-state index contributed by atoms with van der Waals surface area (Å²) in [6, 6.07) is 9.62. The van der Waals surface area contributed by atoms with Crippen molar-refractivity contribution in [2.45, 2.75) is 13.0 Å². The Balaban J connectivity index is 1.83. The van der Waals surface area contributed by atoms with Gasteiger partial charge in [-0.15, -0.1) is 0 Å². The van der Waals surface area contributed by atoms with Crippen molar-refractivity contribution in [2.75, 3.05) is 12.3 Å². The highest BCUT2D eigenvalue weighted by atomic mass is 16.5. The third-order valence-electron chi connectivity index (χ3n) is 2.96. The Hall–Kier alpha value is -2.76. The first-order valence-corrected chi connectivity index (χ1v) is 6.55. The number of benzene rings is 1. The Labute approximate surface area is 121 Å². The van der Waals surface area contributed by atoms with Gasteiger partial charge in [0.2, 0.25) is 5.91 Å². The van der Waals surface area contributed by atoms with E-state index in [1.54, 1.807) is 41.1 Å². The lowest BCUT2D eigenvalue weighted by Crippen LogP contribution is -2.20. The number of primary amides is 1. The molecule has 21 heavy (non-hydrogen) atoms. The monoisotopic (exact) mass is 287 g/mol. The van der Waals surface area contributed by atoms with Crippen LogP contribution in [0, 0.1) is 0 Å². The third-order valence-corrected chi connectivity index (χ3v) is 2.96. The van der Waals surface area contributed by atoms with Crippen molar-refractivity contribution >= 4 is 11.6 Å². The number of nitrogen functional groups attached to an aromatic ring is 1. The standard InChI is InChI=1S/C15H17N3O3/c16-12-4-7-14(19)18(10-12)8-1-9-21-13-5-2-11(3-6-13)15(17)20/h2-7,10H,1,8-9,16H2,(H2,17,20). The summed E-state index contributed by atoms with van der Waals surface area (Å²) in [6.45, 7) is 0.987. The molecule has 1 aromatic carbocycles. The zero-order valence-corrected chi connectivity index (χ0v) is 11.5. The van der Waals surface area contributed by atoms with E-state index in [2.05, 4.69) is 0 Å². The van der Waals surface area contributed by atoms with Gasteiger partial charge in [-0.1, -0.05) is 0 Å². The van der Waals surface area contributed by atoms with Crippen molar-refractivity contribution in [1.82, 2.24) is 4.57 Å². The fourth-order valence-corrected chi connectivity index (χ4v) is 1.86. The average molecular weight is 287 g/mol. The molecule has 0 aliphatic rings. The van der Waals surface area contributed by atoms with Crippen molar-refractivity contribution < 1.29 is 9.53 Å². The lowest BCUT2D eigenvalue weighted by atomic mass is 10.2. The van der Waals surface area contributed by atoms with Crippen molar-refractivity contribution in [3.63, 3.8) is 0 Å². The van der Waals surface area contributed by atoms with Gasteiger partial charge >= 0.3 is 0 Å². The molecule has 6 heteroatoms. The van der Waals surface area contributed by atoms with E-state index in [9.17, 15) is 9.59 Å². The van der Waals surface area contributed by atoms with Gasteiger partial charge in [0.25, 0.3) is 5.56 Å². The van der Waals surface area contributed by atoms with Gasteiger partial charge in [-0.25, -0.2) is 0 Å². The minimum absolute atomic E-state index is 0.0880. The van der Waals surface area contributed by atoms with Crippen molar-refractivity contribution in [3.8, 4) is 5.75 Å². The summed E-state index contributed by atoms with van der Waals surface area (Å²) in [4.78, 5) is 22.5. The number of ether oxygens (including phenoxy) is 1. The molecule has 0 aliphatic carbocycles. The second kappa shape index (κ2) is 6.60. The highest BCUT2D eigenvalue weighted by molar-refractivity contribution is 5.92. The first-order valence-electron chi connectivity index (χ1n) is 6.55. The third kappa shape index (κ3) is 4.10. The zero-order valence-electron chi connectivity index (χ0n) is 11.5. The summed E-state index contributed by atoms with van der Waals surface area (Å²) in [5.41, 5.74) is 11.7. The Kier molecular flexibility index (Phi) is 4.61. The second-order valence-corrected chi connectivity index (χ2v) is 4.58. The van der Waals surface area contributed by atoms with Crippen LogP contribution in [-0.2, 0) is 6.54 Å². The molecule has 6 nitrogen and oxygen atoms in total. The van der Waals surface area contributed by atoms with Crippen molar-refractivity contribution in [3.05, 3.63) is 58.5 Å². The van der Waals surface area contributed by atoms with Crippen LogP contribution in [0.25, 0.3) is 0 Å². The number of anilines is 1. The fourth-order valence-electron chi connectivity index (χ4n) is 1.86. The largest absolute Gasteiger partial charge is 0.494 e. The number of rotatable bonds is 6. The molecular formula is C15H17N3O3. The first-order chi connectivity index (χ1) is 10.1. The van der Waals surface area contributed by atoms with Crippen LogP contribution in [0.4, 0.5) is 5.69 Å². The number of carbonyl (C=O) groups excluding carboxylic acids is 1. The highest BCUT2D eigenvalue weighted by Gasteiger charge is 2.01. The average Bonchev–Trinajstić information content (AvgIpc) is 2.47. The summed E-state index contributed by atoms with van der Waals surface area (Å²) in [7, 11) is 0. The number of hydrogen-bond donors (Lipinski definition) is 2. The molecule has 4 N–H and O–H groups in total. The van der Waals surface area contributed by atoms with E-state index in [1.807, 2.05) is 0 Å². The van der Waals surface area contributed by atoms with Gasteiger partial charge in [-0.3, -0.25) is 9.59 Å². The van der Waals surface area contributed by atoms with Gasteiger partial charge in [0.05, 0.1) is 6.61 Å². The maximum atomic E-state index is 11.6. The molecule has 1 amide bonds. The fraction of sp³-hybridized carbons (Fsp3) is 0.200. The molecule has 1 heterocycles. The van der Waals surface area contributed by atoms with Gasteiger partial charge in [0.15, 0.2) is 0 Å². The maximum absolute atomic E-state index is 11.6. The molecule has 0 radical (unpaired) electrons. The summed E-state index contributed by atoms with van der Waals surface area (Å²) < 4.78 is 7.08. The molecule has 2 rings (SSSR count). The van der Waals surface area contributed by atoms with Crippen LogP contribution in [0.15, 0.2) is 47.4 Å². The molecule has 2 aromatic rings. The number of aryl methyl sites for hydroxylation is 1. The quantitative estimate of drug-likeness (QED) is 0.774. The number of nitrogens with two attached hydrogens (primary N) is 2. The predicted molar refractivity (Wildman–Crippen MR) is 80.2 cm³/mol. The summed E-state index contributed by atoms with van der Waals surface area (Å²) in [6.07, 6.45) is 2.28. The molecule has 0 fully saturated rings. The Morgan fingerprint density at radius 3 is 2.52 bits per heavy atom. The van der Waals surface area contributed by atoms with E-state index in [0.717, 1.165) is 0 Å². The Morgan fingerprint density at radius 1 is 1.14 bits per heavy atom. The minimum atomic E-state index is -0.470. The first kappa shape index (κ1) is 14.6.